The summed E-state index contributed by atoms with van der Waals surface area (Å²) in [6, 6.07) is 11.8. The zero-order valence-corrected chi connectivity index (χ0v) is 15.3. The van der Waals surface area contributed by atoms with E-state index in [-0.39, 0.29) is 0 Å². The van der Waals surface area contributed by atoms with E-state index in [4.69, 9.17) is 10.7 Å². The number of rotatable bonds is 3. The number of benzene rings is 1. The smallest absolute Gasteiger partial charge is 0.159 e. The van der Waals surface area contributed by atoms with E-state index in [0.29, 0.717) is 0 Å². The molecule has 3 aromatic rings. The van der Waals surface area contributed by atoms with Gasteiger partial charge in [0.2, 0.25) is 0 Å². The number of nitrogens with zero attached hydrogens (tertiary/aromatic N) is 4. The van der Waals surface area contributed by atoms with Crippen molar-refractivity contribution in [2.45, 2.75) is 19.5 Å². The molecule has 0 saturated carbocycles. The lowest BCUT2D eigenvalue weighted by Gasteiger charge is -2.28. The fraction of sp³-hybridized carbons (Fsp3) is 0.211. The molecule has 2 aromatic heterocycles. The van der Waals surface area contributed by atoms with E-state index in [2.05, 4.69) is 36.9 Å². The number of pyridine rings is 1. The summed E-state index contributed by atoms with van der Waals surface area (Å²) in [5.74, 6) is 0.766. The van der Waals surface area contributed by atoms with Gasteiger partial charge >= 0.3 is 0 Å². The van der Waals surface area contributed by atoms with Gasteiger partial charge in [-0.25, -0.2) is 15.0 Å². The van der Waals surface area contributed by atoms with Crippen LogP contribution >= 0.6 is 15.9 Å². The lowest BCUT2D eigenvalue weighted by atomic mass is 10.1. The molecule has 126 valence electrons. The Morgan fingerprint density at radius 3 is 2.76 bits per heavy atom. The topological polar surface area (TPSA) is 67.9 Å². The van der Waals surface area contributed by atoms with Gasteiger partial charge in [-0.2, -0.15) is 0 Å². The van der Waals surface area contributed by atoms with Gasteiger partial charge in [-0.1, -0.05) is 6.07 Å². The van der Waals surface area contributed by atoms with E-state index in [0.717, 1.165) is 53.4 Å². The SMILES string of the molecule is Nc1ccc(-c2ncc3c(n2)CCN(Cc2cccnc2Br)C3)cc1. The van der Waals surface area contributed by atoms with Crippen LogP contribution in [-0.2, 0) is 19.5 Å². The van der Waals surface area contributed by atoms with Crippen LogP contribution in [0.2, 0.25) is 0 Å². The van der Waals surface area contributed by atoms with Crippen LogP contribution in [0.15, 0.2) is 53.4 Å². The fourth-order valence-electron chi connectivity index (χ4n) is 3.06. The third-order valence-electron chi connectivity index (χ3n) is 4.41. The zero-order valence-electron chi connectivity index (χ0n) is 13.7. The second-order valence-corrected chi connectivity index (χ2v) is 6.95. The van der Waals surface area contributed by atoms with Gasteiger partial charge in [0.05, 0.1) is 5.69 Å². The molecule has 25 heavy (non-hydrogen) atoms. The predicted octanol–water partition coefficient (Wildman–Crippen LogP) is 3.44. The Morgan fingerprint density at radius 1 is 1.12 bits per heavy atom. The molecule has 6 heteroatoms. The number of fused-ring (bicyclic) bond motifs is 1. The van der Waals surface area contributed by atoms with Gasteiger partial charge in [0.15, 0.2) is 5.82 Å². The summed E-state index contributed by atoms with van der Waals surface area (Å²) in [6.45, 7) is 2.71. The van der Waals surface area contributed by atoms with Gasteiger partial charge in [-0.3, -0.25) is 4.90 Å². The molecule has 0 spiro atoms. The van der Waals surface area contributed by atoms with E-state index in [9.17, 15) is 0 Å². The van der Waals surface area contributed by atoms with E-state index in [1.807, 2.05) is 36.5 Å². The van der Waals surface area contributed by atoms with E-state index in [1.54, 1.807) is 6.20 Å². The van der Waals surface area contributed by atoms with Crippen LogP contribution in [0, 0.1) is 0 Å². The Labute approximate surface area is 155 Å². The molecule has 1 aromatic carbocycles. The summed E-state index contributed by atoms with van der Waals surface area (Å²) in [7, 11) is 0. The van der Waals surface area contributed by atoms with Crippen molar-refractivity contribution in [2.24, 2.45) is 0 Å². The monoisotopic (exact) mass is 395 g/mol. The zero-order chi connectivity index (χ0) is 17.2. The first-order valence-electron chi connectivity index (χ1n) is 8.21. The highest BCUT2D eigenvalue weighted by Gasteiger charge is 2.19. The van der Waals surface area contributed by atoms with Gasteiger partial charge in [-0.05, 0) is 51.8 Å². The minimum absolute atomic E-state index is 0.749. The Hall–Kier alpha value is -2.31. The maximum absolute atomic E-state index is 5.75. The maximum atomic E-state index is 5.75. The summed E-state index contributed by atoms with van der Waals surface area (Å²) in [4.78, 5) is 16.0. The van der Waals surface area contributed by atoms with Crippen LogP contribution in [0.3, 0.4) is 0 Å². The van der Waals surface area contributed by atoms with Crippen LogP contribution in [0.1, 0.15) is 16.8 Å². The third-order valence-corrected chi connectivity index (χ3v) is 5.13. The molecule has 1 aliphatic rings. The van der Waals surface area contributed by atoms with Crippen molar-refractivity contribution in [1.82, 2.24) is 19.9 Å². The number of hydrogen-bond acceptors (Lipinski definition) is 5. The number of aromatic nitrogens is 3. The fourth-order valence-corrected chi connectivity index (χ4v) is 3.43. The number of halogens is 1. The van der Waals surface area contributed by atoms with Crippen molar-refractivity contribution in [3.8, 4) is 11.4 Å². The van der Waals surface area contributed by atoms with Crippen molar-refractivity contribution >= 4 is 21.6 Å². The van der Waals surface area contributed by atoms with E-state index < -0.39 is 0 Å². The van der Waals surface area contributed by atoms with Gasteiger partial charge in [0.1, 0.15) is 4.60 Å². The second-order valence-electron chi connectivity index (χ2n) is 6.20. The first kappa shape index (κ1) is 16.2. The molecule has 0 atom stereocenters. The summed E-state index contributed by atoms with van der Waals surface area (Å²) >= 11 is 3.52. The molecular formula is C19H18BrN5. The molecule has 5 nitrogen and oxygen atoms in total. The largest absolute Gasteiger partial charge is 0.399 e. The second kappa shape index (κ2) is 6.90. The average Bonchev–Trinajstić information content (AvgIpc) is 2.64. The highest BCUT2D eigenvalue weighted by molar-refractivity contribution is 9.10. The summed E-state index contributed by atoms with van der Waals surface area (Å²) in [6.07, 6.45) is 4.68. The van der Waals surface area contributed by atoms with Crippen molar-refractivity contribution in [1.29, 1.82) is 0 Å². The van der Waals surface area contributed by atoms with Crippen molar-refractivity contribution in [3.05, 3.63) is 70.2 Å². The molecule has 3 heterocycles. The number of hydrogen-bond donors (Lipinski definition) is 1. The van der Waals surface area contributed by atoms with Gasteiger partial charge < -0.3 is 5.73 Å². The molecular weight excluding hydrogens is 378 g/mol. The number of nitrogen functional groups attached to an aromatic ring is 1. The van der Waals surface area contributed by atoms with Crippen molar-refractivity contribution in [3.63, 3.8) is 0 Å². The lowest BCUT2D eigenvalue weighted by Crippen LogP contribution is -2.31. The Kier molecular flexibility index (Phi) is 4.46. The van der Waals surface area contributed by atoms with Gasteiger partial charge in [0.25, 0.3) is 0 Å². The summed E-state index contributed by atoms with van der Waals surface area (Å²) in [5.41, 5.74) is 11.0. The first-order valence-corrected chi connectivity index (χ1v) is 9.01. The highest BCUT2D eigenvalue weighted by atomic mass is 79.9. The molecule has 0 fully saturated rings. The van der Waals surface area contributed by atoms with Crippen LogP contribution < -0.4 is 5.73 Å². The van der Waals surface area contributed by atoms with Crippen molar-refractivity contribution < 1.29 is 0 Å². The van der Waals surface area contributed by atoms with Crippen LogP contribution in [0.4, 0.5) is 5.69 Å². The average molecular weight is 396 g/mol. The Balaban J connectivity index is 1.52. The highest BCUT2D eigenvalue weighted by Crippen LogP contribution is 2.24. The minimum atomic E-state index is 0.749. The molecule has 0 radical (unpaired) electrons. The normalized spacial score (nSPS) is 14.3. The molecule has 0 unspecified atom stereocenters. The van der Waals surface area contributed by atoms with Crippen LogP contribution in [0.5, 0.6) is 0 Å². The minimum Gasteiger partial charge on any atom is -0.399 e. The standard InChI is InChI=1S/C19H18BrN5/c20-18-14(2-1-8-22-18)11-25-9-7-17-15(12-25)10-23-19(24-17)13-3-5-16(21)6-4-13/h1-6,8,10H,7,9,11-12,21H2. The molecule has 0 bridgehead atoms. The molecule has 2 N–H and O–H groups in total. The lowest BCUT2D eigenvalue weighted by molar-refractivity contribution is 0.242. The van der Waals surface area contributed by atoms with E-state index in [1.165, 1.54) is 11.1 Å². The third kappa shape index (κ3) is 3.55. The molecule has 1 aliphatic heterocycles. The predicted molar refractivity (Wildman–Crippen MR) is 102 cm³/mol. The first-order chi connectivity index (χ1) is 12.2. The van der Waals surface area contributed by atoms with Crippen molar-refractivity contribution in [2.75, 3.05) is 12.3 Å². The van der Waals surface area contributed by atoms with Crippen LogP contribution in [0.25, 0.3) is 11.4 Å². The summed E-state index contributed by atoms with van der Waals surface area (Å²) < 4.78 is 0.913. The van der Waals surface area contributed by atoms with Gasteiger partial charge in [-0.15, -0.1) is 0 Å². The molecule has 0 aliphatic carbocycles. The van der Waals surface area contributed by atoms with E-state index >= 15 is 0 Å². The van der Waals surface area contributed by atoms with Crippen LogP contribution in [-0.4, -0.2) is 26.4 Å². The molecule has 4 rings (SSSR count). The Bertz CT molecular complexity index is 895. The number of nitrogens with two attached hydrogens (primary N) is 1. The number of anilines is 1. The molecule has 0 amide bonds. The summed E-state index contributed by atoms with van der Waals surface area (Å²) in [5, 5.41) is 0. The quantitative estimate of drug-likeness (QED) is 0.543. The Morgan fingerprint density at radius 2 is 1.96 bits per heavy atom. The van der Waals surface area contributed by atoms with Gasteiger partial charge in [0, 0.05) is 55.3 Å². The molecule has 0 saturated heterocycles. The maximum Gasteiger partial charge on any atom is 0.159 e.